The zero-order valence-corrected chi connectivity index (χ0v) is 18.3. The van der Waals surface area contributed by atoms with Crippen LogP contribution in [0.2, 0.25) is 18.1 Å². The van der Waals surface area contributed by atoms with Crippen molar-refractivity contribution in [3.8, 4) is 11.1 Å². The predicted molar refractivity (Wildman–Crippen MR) is 119 cm³/mol. The Morgan fingerprint density at radius 3 is 2.30 bits per heavy atom. The van der Waals surface area contributed by atoms with Crippen LogP contribution in [0.4, 0.5) is 4.39 Å². The second-order valence-electron chi connectivity index (χ2n) is 8.40. The number of benzene rings is 2. The first-order valence-corrected chi connectivity index (χ1v) is 13.5. The molecule has 2 heteroatoms. The second kappa shape index (κ2) is 10.2. The van der Waals surface area contributed by atoms with Crippen molar-refractivity contribution in [1.82, 2.24) is 0 Å². The first-order valence-electron chi connectivity index (χ1n) is 11.1. The topological polar surface area (TPSA) is 0 Å². The summed E-state index contributed by atoms with van der Waals surface area (Å²) in [7, 11) is -0.496. The van der Waals surface area contributed by atoms with Gasteiger partial charge in [0, 0.05) is 14.4 Å². The zero-order chi connectivity index (χ0) is 19.1. The van der Waals surface area contributed by atoms with Crippen LogP contribution in [0.5, 0.6) is 0 Å². The van der Waals surface area contributed by atoms with Crippen LogP contribution in [0.1, 0.15) is 69.4 Å². The Kier molecular flexibility index (Phi) is 7.69. The molecule has 146 valence electrons. The van der Waals surface area contributed by atoms with Gasteiger partial charge in [-0.15, -0.1) is 0 Å². The Morgan fingerprint density at radius 1 is 0.926 bits per heavy atom. The normalized spacial score (nSPS) is 20.0. The lowest BCUT2D eigenvalue weighted by molar-refractivity contribution is 0.588. The standard InChI is InChI=1S/C25H35FSi/c1-3-5-6-16-27-17-14-21(15-18-27)23-12-13-24(25(26)19-23)22-10-8-20(7-4-2)9-11-22/h8-13,19,21,27H,3-7,14-18H2,1-2H3. The van der Waals surface area contributed by atoms with E-state index < -0.39 is 8.80 Å². The monoisotopic (exact) mass is 382 g/mol. The maximum atomic E-state index is 14.8. The molecule has 1 fully saturated rings. The summed E-state index contributed by atoms with van der Waals surface area (Å²) in [5.74, 6) is 0.522. The molecule has 0 aromatic heterocycles. The summed E-state index contributed by atoms with van der Waals surface area (Å²) in [6, 6.07) is 18.8. The Bertz CT molecular complexity index is 699. The summed E-state index contributed by atoms with van der Waals surface area (Å²) < 4.78 is 14.8. The van der Waals surface area contributed by atoms with Crippen molar-refractivity contribution < 1.29 is 4.39 Å². The summed E-state index contributed by atoms with van der Waals surface area (Å²) in [6.45, 7) is 4.48. The molecule has 0 radical (unpaired) electrons. The number of unbranched alkanes of at least 4 members (excludes halogenated alkanes) is 2. The molecule has 0 saturated carbocycles. The van der Waals surface area contributed by atoms with Gasteiger partial charge in [-0.2, -0.15) is 0 Å². The van der Waals surface area contributed by atoms with Crippen molar-refractivity contribution in [3.05, 3.63) is 59.4 Å². The minimum Gasteiger partial charge on any atom is -0.206 e. The molecule has 1 aliphatic heterocycles. The minimum atomic E-state index is -0.496. The van der Waals surface area contributed by atoms with E-state index in [4.69, 9.17) is 0 Å². The molecule has 2 aromatic carbocycles. The number of hydrogen-bond donors (Lipinski definition) is 0. The molecule has 0 unspecified atom stereocenters. The third-order valence-electron chi connectivity index (χ3n) is 6.33. The van der Waals surface area contributed by atoms with Crippen LogP contribution in [0.3, 0.4) is 0 Å². The van der Waals surface area contributed by atoms with E-state index in [9.17, 15) is 4.39 Å². The quantitative estimate of drug-likeness (QED) is 0.323. The molecule has 0 atom stereocenters. The van der Waals surface area contributed by atoms with E-state index in [-0.39, 0.29) is 5.82 Å². The summed E-state index contributed by atoms with van der Waals surface area (Å²) in [5, 5.41) is 0. The average Bonchev–Trinajstić information content (AvgIpc) is 2.70. The highest BCUT2D eigenvalue weighted by molar-refractivity contribution is 6.59. The van der Waals surface area contributed by atoms with Crippen LogP contribution in [0, 0.1) is 5.82 Å². The van der Waals surface area contributed by atoms with Crippen LogP contribution < -0.4 is 0 Å². The van der Waals surface area contributed by atoms with E-state index in [1.807, 2.05) is 12.1 Å². The van der Waals surface area contributed by atoms with Gasteiger partial charge in [0.2, 0.25) is 0 Å². The number of hydrogen-bond acceptors (Lipinski definition) is 0. The van der Waals surface area contributed by atoms with Crippen LogP contribution in [0.25, 0.3) is 11.1 Å². The highest BCUT2D eigenvalue weighted by Gasteiger charge is 2.23. The maximum absolute atomic E-state index is 14.8. The average molecular weight is 383 g/mol. The van der Waals surface area contributed by atoms with Gasteiger partial charge >= 0.3 is 0 Å². The lowest BCUT2D eigenvalue weighted by Gasteiger charge is -2.28. The SMILES string of the molecule is CCCCC[SiH]1CCC(c2ccc(-c3ccc(CCC)cc3)c(F)c2)CC1. The molecule has 27 heavy (non-hydrogen) atoms. The van der Waals surface area contributed by atoms with Crippen LogP contribution in [-0.2, 0) is 6.42 Å². The lowest BCUT2D eigenvalue weighted by Crippen LogP contribution is -2.20. The molecule has 1 heterocycles. The molecule has 1 saturated heterocycles. The number of aryl methyl sites for hydroxylation is 1. The molecule has 2 aromatic rings. The molecule has 0 spiro atoms. The lowest BCUT2D eigenvalue weighted by atomic mass is 9.91. The fourth-order valence-electron chi connectivity index (χ4n) is 4.63. The van der Waals surface area contributed by atoms with Crippen LogP contribution in [-0.4, -0.2) is 8.80 Å². The molecule has 0 nitrogen and oxygen atoms in total. The van der Waals surface area contributed by atoms with Gasteiger partial charge in [0.1, 0.15) is 5.82 Å². The van der Waals surface area contributed by atoms with Crippen molar-refractivity contribution >= 4 is 8.80 Å². The van der Waals surface area contributed by atoms with Gasteiger partial charge in [-0.25, -0.2) is 4.39 Å². The van der Waals surface area contributed by atoms with E-state index in [1.54, 1.807) is 0 Å². The fraction of sp³-hybridized carbons (Fsp3) is 0.520. The van der Waals surface area contributed by atoms with Crippen molar-refractivity contribution in [2.75, 3.05) is 0 Å². The summed E-state index contributed by atoms with van der Waals surface area (Å²) in [6.07, 6.45) is 8.98. The van der Waals surface area contributed by atoms with E-state index in [0.29, 0.717) is 5.92 Å². The molecule has 0 N–H and O–H groups in total. The van der Waals surface area contributed by atoms with E-state index in [0.717, 1.165) is 24.0 Å². The van der Waals surface area contributed by atoms with E-state index in [1.165, 1.54) is 61.4 Å². The fourth-order valence-corrected chi connectivity index (χ4v) is 8.11. The summed E-state index contributed by atoms with van der Waals surface area (Å²) >= 11 is 0. The maximum Gasteiger partial charge on any atom is 0.131 e. The van der Waals surface area contributed by atoms with E-state index >= 15 is 0 Å². The zero-order valence-electron chi connectivity index (χ0n) is 17.1. The van der Waals surface area contributed by atoms with Crippen molar-refractivity contribution in [2.24, 2.45) is 0 Å². The molecule has 0 aliphatic carbocycles. The Labute approximate surface area is 166 Å². The number of rotatable bonds is 8. The minimum absolute atomic E-state index is 0.0574. The molecule has 0 bridgehead atoms. The Morgan fingerprint density at radius 2 is 1.67 bits per heavy atom. The van der Waals surface area contributed by atoms with Gasteiger partial charge in [-0.05, 0) is 47.9 Å². The van der Waals surface area contributed by atoms with Crippen LogP contribution in [0.15, 0.2) is 42.5 Å². The third kappa shape index (κ3) is 5.54. The molecule has 0 amide bonds. The predicted octanol–water partition coefficient (Wildman–Crippen LogP) is 7.74. The van der Waals surface area contributed by atoms with Gasteiger partial charge in [0.15, 0.2) is 0 Å². The van der Waals surface area contributed by atoms with Crippen molar-refractivity contribution in [1.29, 1.82) is 0 Å². The van der Waals surface area contributed by atoms with Crippen molar-refractivity contribution in [3.63, 3.8) is 0 Å². The molecular formula is C25H35FSi. The molecule has 1 aliphatic rings. The highest BCUT2D eigenvalue weighted by Crippen LogP contribution is 2.36. The largest absolute Gasteiger partial charge is 0.206 e. The Balaban J connectivity index is 1.61. The van der Waals surface area contributed by atoms with Gasteiger partial charge in [-0.3, -0.25) is 0 Å². The van der Waals surface area contributed by atoms with Gasteiger partial charge in [-0.1, -0.05) is 94.1 Å². The molecular weight excluding hydrogens is 347 g/mol. The highest BCUT2D eigenvalue weighted by atomic mass is 28.3. The van der Waals surface area contributed by atoms with Gasteiger partial charge in [0.05, 0.1) is 0 Å². The summed E-state index contributed by atoms with van der Waals surface area (Å²) in [4.78, 5) is 0. The molecule has 3 rings (SSSR count). The Hall–Kier alpha value is -1.41. The first-order chi connectivity index (χ1) is 13.2. The summed E-state index contributed by atoms with van der Waals surface area (Å²) in [5.41, 5.74) is 4.29. The second-order valence-corrected chi connectivity index (χ2v) is 11.9. The van der Waals surface area contributed by atoms with E-state index in [2.05, 4.69) is 44.2 Å². The smallest absolute Gasteiger partial charge is 0.131 e. The number of halogens is 1. The van der Waals surface area contributed by atoms with Crippen molar-refractivity contribution in [2.45, 2.75) is 82.8 Å². The first kappa shape index (κ1) is 20.3. The van der Waals surface area contributed by atoms with Gasteiger partial charge in [0.25, 0.3) is 0 Å². The van der Waals surface area contributed by atoms with Gasteiger partial charge < -0.3 is 0 Å². The third-order valence-corrected chi connectivity index (χ3v) is 9.86. The van der Waals surface area contributed by atoms with Crippen LogP contribution >= 0.6 is 0 Å².